The first-order valence-corrected chi connectivity index (χ1v) is 8.57. The average molecular weight is 388 g/mol. The van der Waals surface area contributed by atoms with E-state index in [1.807, 2.05) is 0 Å². The number of halogens is 2. The number of para-hydroxylation sites is 1. The molecule has 0 radical (unpaired) electrons. The molecular weight excluding hydrogens is 374 g/mol. The number of rotatable bonds is 8. The lowest BCUT2D eigenvalue weighted by Gasteiger charge is -2.13. The fraction of sp³-hybridized carbons (Fsp3) is 0.200. The van der Waals surface area contributed by atoms with Crippen LogP contribution in [0.4, 0.5) is 14.5 Å². The summed E-state index contributed by atoms with van der Waals surface area (Å²) in [6.07, 6.45) is 0. The van der Waals surface area contributed by atoms with Crippen molar-refractivity contribution in [1.29, 1.82) is 0 Å². The van der Waals surface area contributed by atoms with Gasteiger partial charge in [-0.05, 0) is 12.1 Å². The van der Waals surface area contributed by atoms with E-state index in [9.17, 15) is 27.3 Å². The quantitative estimate of drug-likeness (QED) is 0.550. The minimum absolute atomic E-state index is 0.166. The summed E-state index contributed by atoms with van der Waals surface area (Å²) in [7, 11) is -2.96. The van der Waals surface area contributed by atoms with E-state index in [1.54, 1.807) is 0 Å². The van der Waals surface area contributed by atoms with Crippen LogP contribution in [0.15, 0.2) is 47.4 Å². The highest BCUT2D eigenvalue weighted by Crippen LogP contribution is 2.29. The number of methoxy groups -OCH3 is 1. The van der Waals surface area contributed by atoms with Crippen molar-refractivity contribution in [3.05, 3.63) is 58.1 Å². The van der Waals surface area contributed by atoms with E-state index in [-0.39, 0.29) is 34.2 Å². The molecule has 0 fully saturated rings. The molecule has 11 heteroatoms. The molecule has 26 heavy (non-hydrogen) atoms. The molecular formula is C15H14F2N2O6S. The number of nitro groups is 1. The van der Waals surface area contributed by atoms with E-state index < -0.39 is 21.6 Å². The van der Waals surface area contributed by atoms with E-state index in [0.29, 0.717) is 0 Å². The van der Waals surface area contributed by atoms with Crippen LogP contribution in [-0.2, 0) is 16.6 Å². The van der Waals surface area contributed by atoms with Gasteiger partial charge in [0.25, 0.3) is 5.69 Å². The van der Waals surface area contributed by atoms with Gasteiger partial charge in [-0.25, -0.2) is 13.1 Å². The Balaban J connectivity index is 2.26. The van der Waals surface area contributed by atoms with Gasteiger partial charge in [0.2, 0.25) is 10.0 Å². The zero-order valence-electron chi connectivity index (χ0n) is 13.4. The van der Waals surface area contributed by atoms with Gasteiger partial charge >= 0.3 is 6.61 Å². The van der Waals surface area contributed by atoms with Crippen LogP contribution in [-0.4, -0.2) is 27.1 Å². The lowest BCUT2D eigenvalue weighted by molar-refractivity contribution is -0.385. The summed E-state index contributed by atoms with van der Waals surface area (Å²) in [5.41, 5.74) is -0.145. The van der Waals surface area contributed by atoms with Crippen LogP contribution in [0.25, 0.3) is 0 Å². The molecule has 0 aliphatic heterocycles. The molecule has 2 aromatic rings. The molecule has 0 spiro atoms. The molecule has 2 aromatic carbocycles. The van der Waals surface area contributed by atoms with E-state index in [2.05, 4.69) is 9.46 Å². The van der Waals surface area contributed by atoms with Gasteiger partial charge in [-0.2, -0.15) is 8.78 Å². The fourth-order valence-corrected chi connectivity index (χ4v) is 3.26. The Morgan fingerprint density at radius 2 is 1.88 bits per heavy atom. The molecule has 0 atom stereocenters. The molecule has 0 amide bonds. The number of ether oxygens (including phenoxy) is 2. The number of nitrogens with zero attached hydrogens (tertiary/aromatic N) is 1. The molecule has 0 bridgehead atoms. The fourth-order valence-electron chi connectivity index (χ4n) is 2.10. The Bertz CT molecular complexity index is 905. The van der Waals surface area contributed by atoms with Gasteiger partial charge in [0.05, 0.1) is 18.1 Å². The summed E-state index contributed by atoms with van der Waals surface area (Å²) in [5, 5.41) is 10.8. The van der Waals surface area contributed by atoms with Crippen molar-refractivity contribution in [2.75, 3.05) is 7.11 Å². The number of nitrogens with one attached hydrogen (secondary N) is 1. The smallest absolute Gasteiger partial charge is 0.387 e. The predicted molar refractivity (Wildman–Crippen MR) is 86.7 cm³/mol. The number of hydrogen-bond acceptors (Lipinski definition) is 6. The molecule has 2 rings (SSSR count). The first-order chi connectivity index (χ1) is 12.2. The maximum Gasteiger partial charge on any atom is 0.387 e. The van der Waals surface area contributed by atoms with Crippen molar-refractivity contribution in [2.24, 2.45) is 0 Å². The van der Waals surface area contributed by atoms with Crippen molar-refractivity contribution < 1.29 is 31.6 Å². The van der Waals surface area contributed by atoms with Gasteiger partial charge in [0.15, 0.2) is 0 Å². The molecule has 0 heterocycles. The van der Waals surface area contributed by atoms with Crippen LogP contribution in [0.5, 0.6) is 11.5 Å². The normalized spacial score (nSPS) is 11.4. The standard InChI is InChI=1S/C15H14F2N2O6S/c1-24-13-8-11(19(20)21)6-7-14(13)26(22,23)18-9-10-4-2-3-5-12(10)25-15(16)17/h2-8,15,18H,9H2,1H3. The Morgan fingerprint density at radius 1 is 1.19 bits per heavy atom. The molecule has 0 saturated heterocycles. The molecule has 1 N–H and O–H groups in total. The van der Waals surface area contributed by atoms with Crippen LogP contribution in [0.3, 0.4) is 0 Å². The second-order valence-corrected chi connectivity index (χ2v) is 6.64. The Morgan fingerprint density at radius 3 is 2.50 bits per heavy atom. The van der Waals surface area contributed by atoms with Crippen molar-refractivity contribution in [2.45, 2.75) is 18.1 Å². The summed E-state index contributed by atoms with van der Waals surface area (Å²) in [6, 6.07) is 8.73. The van der Waals surface area contributed by atoms with Crippen LogP contribution in [0.1, 0.15) is 5.56 Å². The maximum atomic E-state index is 12.4. The summed E-state index contributed by atoms with van der Waals surface area (Å²) < 4.78 is 61.2. The second-order valence-electron chi connectivity index (χ2n) is 4.90. The zero-order valence-corrected chi connectivity index (χ0v) is 14.2. The van der Waals surface area contributed by atoms with Gasteiger partial charge in [-0.3, -0.25) is 10.1 Å². The second kappa shape index (κ2) is 8.06. The van der Waals surface area contributed by atoms with Crippen LogP contribution in [0.2, 0.25) is 0 Å². The molecule has 8 nitrogen and oxygen atoms in total. The van der Waals surface area contributed by atoms with E-state index in [1.165, 1.54) is 31.4 Å². The molecule has 0 aliphatic rings. The Labute approximate surface area is 147 Å². The Hall–Kier alpha value is -2.79. The lowest BCUT2D eigenvalue weighted by Crippen LogP contribution is -2.24. The van der Waals surface area contributed by atoms with Crippen LogP contribution < -0.4 is 14.2 Å². The van der Waals surface area contributed by atoms with Crippen molar-refractivity contribution in [1.82, 2.24) is 4.72 Å². The molecule has 0 aromatic heterocycles. The van der Waals surface area contributed by atoms with Gasteiger partial charge in [0.1, 0.15) is 16.4 Å². The zero-order chi connectivity index (χ0) is 19.3. The highest BCUT2D eigenvalue weighted by Gasteiger charge is 2.22. The minimum Gasteiger partial charge on any atom is -0.495 e. The highest BCUT2D eigenvalue weighted by atomic mass is 32.2. The van der Waals surface area contributed by atoms with Crippen LogP contribution in [0, 0.1) is 10.1 Å². The summed E-state index contributed by atoms with van der Waals surface area (Å²) in [6.45, 7) is -3.38. The number of sulfonamides is 1. The summed E-state index contributed by atoms with van der Waals surface area (Å²) in [5.74, 6) is -0.385. The third kappa shape index (κ3) is 4.64. The van der Waals surface area contributed by atoms with Crippen molar-refractivity contribution >= 4 is 15.7 Å². The summed E-state index contributed by atoms with van der Waals surface area (Å²) >= 11 is 0. The largest absolute Gasteiger partial charge is 0.495 e. The third-order valence-corrected chi connectivity index (χ3v) is 4.73. The van der Waals surface area contributed by atoms with Gasteiger partial charge in [0, 0.05) is 18.2 Å². The highest BCUT2D eigenvalue weighted by molar-refractivity contribution is 7.89. The van der Waals surface area contributed by atoms with Gasteiger partial charge < -0.3 is 9.47 Å². The van der Waals surface area contributed by atoms with Crippen molar-refractivity contribution in [3.63, 3.8) is 0 Å². The first-order valence-electron chi connectivity index (χ1n) is 7.09. The van der Waals surface area contributed by atoms with E-state index >= 15 is 0 Å². The molecule has 0 aliphatic carbocycles. The van der Waals surface area contributed by atoms with Crippen LogP contribution >= 0.6 is 0 Å². The van der Waals surface area contributed by atoms with Gasteiger partial charge in [-0.15, -0.1) is 0 Å². The topological polar surface area (TPSA) is 108 Å². The monoisotopic (exact) mass is 388 g/mol. The number of benzene rings is 2. The van der Waals surface area contributed by atoms with E-state index in [4.69, 9.17) is 4.74 Å². The first kappa shape index (κ1) is 19.5. The minimum atomic E-state index is -4.13. The number of nitro benzene ring substituents is 1. The SMILES string of the molecule is COc1cc([N+](=O)[O-])ccc1S(=O)(=O)NCc1ccccc1OC(F)F. The molecule has 0 unspecified atom stereocenters. The average Bonchev–Trinajstić information content (AvgIpc) is 2.60. The van der Waals surface area contributed by atoms with Gasteiger partial charge in [-0.1, -0.05) is 18.2 Å². The molecule has 140 valence electrons. The number of hydrogen-bond donors (Lipinski definition) is 1. The maximum absolute atomic E-state index is 12.4. The number of alkyl halides is 2. The van der Waals surface area contributed by atoms with Crippen molar-refractivity contribution in [3.8, 4) is 11.5 Å². The number of non-ortho nitro benzene ring substituents is 1. The predicted octanol–water partition coefficient (Wildman–Crippen LogP) is 2.68. The third-order valence-electron chi connectivity index (χ3n) is 3.29. The summed E-state index contributed by atoms with van der Waals surface area (Å²) in [4.78, 5) is 9.76. The Kier molecular flexibility index (Phi) is 6.05. The molecule has 0 saturated carbocycles. The lowest BCUT2D eigenvalue weighted by atomic mass is 10.2. The van der Waals surface area contributed by atoms with E-state index in [0.717, 1.165) is 18.2 Å².